The molecule has 0 aliphatic carbocycles. The molecule has 1 atom stereocenters. The molecule has 0 saturated heterocycles. The summed E-state index contributed by atoms with van der Waals surface area (Å²) in [7, 11) is 0. The van der Waals surface area contributed by atoms with Gasteiger partial charge in [-0.25, -0.2) is 0 Å². The average Bonchev–Trinajstić information content (AvgIpc) is 2.82. The van der Waals surface area contributed by atoms with Crippen LogP contribution in [-0.4, -0.2) is 18.6 Å². The third-order valence-corrected chi connectivity index (χ3v) is 3.97. The van der Waals surface area contributed by atoms with Gasteiger partial charge in [-0.2, -0.15) is 0 Å². The maximum absolute atomic E-state index is 11.7. The topological polar surface area (TPSA) is 38.3 Å². The Morgan fingerprint density at radius 1 is 1.33 bits per heavy atom. The normalized spacial score (nSPS) is 12.4. The minimum Gasteiger partial charge on any atom is -0.465 e. The number of esters is 1. The van der Waals surface area contributed by atoms with Gasteiger partial charge in [-0.15, -0.1) is 11.3 Å². The van der Waals surface area contributed by atoms with Crippen LogP contribution in [0.2, 0.25) is 0 Å². The Balaban J connectivity index is 2.48. The predicted molar refractivity (Wildman–Crippen MR) is 75.9 cm³/mol. The second-order valence-electron chi connectivity index (χ2n) is 4.20. The fourth-order valence-corrected chi connectivity index (χ4v) is 2.67. The summed E-state index contributed by atoms with van der Waals surface area (Å²) in [6.07, 6.45) is 2.87. The van der Waals surface area contributed by atoms with Crippen LogP contribution in [-0.2, 0) is 22.5 Å². The van der Waals surface area contributed by atoms with E-state index >= 15 is 0 Å². The summed E-state index contributed by atoms with van der Waals surface area (Å²) in [6, 6.07) is 4.10. The fourth-order valence-electron chi connectivity index (χ4n) is 1.77. The Bertz CT molecular complexity index is 362. The van der Waals surface area contributed by atoms with Crippen molar-refractivity contribution in [2.45, 2.75) is 52.6 Å². The van der Waals surface area contributed by atoms with Crippen molar-refractivity contribution in [1.29, 1.82) is 0 Å². The van der Waals surface area contributed by atoms with E-state index in [9.17, 15) is 4.79 Å². The third kappa shape index (κ3) is 4.78. The number of nitrogens with one attached hydrogen (secondary N) is 1. The Morgan fingerprint density at radius 2 is 2.06 bits per heavy atom. The summed E-state index contributed by atoms with van der Waals surface area (Å²) in [5, 5.41) is 3.29. The van der Waals surface area contributed by atoms with Crippen molar-refractivity contribution in [2.24, 2.45) is 0 Å². The van der Waals surface area contributed by atoms with E-state index in [0.717, 1.165) is 25.8 Å². The zero-order chi connectivity index (χ0) is 13.4. The van der Waals surface area contributed by atoms with Crippen LogP contribution >= 0.6 is 11.3 Å². The van der Waals surface area contributed by atoms with E-state index in [-0.39, 0.29) is 12.0 Å². The van der Waals surface area contributed by atoms with Crippen LogP contribution < -0.4 is 5.32 Å². The zero-order valence-electron chi connectivity index (χ0n) is 11.5. The summed E-state index contributed by atoms with van der Waals surface area (Å²) in [5.74, 6) is -0.133. The molecule has 0 aliphatic rings. The first kappa shape index (κ1) is 15.2. The number of thiophene rings is 1. The number of carbonyl (C=O) groups is 1. The van der Waals surface area contributed by atoms with E-state index < -0.39 is 0 Å². The molecule has 4 heteroatoms. The highest BCUT2D eigenvalue weighted by molar-refractivity contribution is 7.11. The van der Waals surface area contributed by atoms with E-state index in [0.29, 0.717) is 6.61 Å². The quantitative estimate of drug-likeness (QED) is 0.737. The van der Waals surface area contributed by atoms with Crippen molar-refractivity contribution < 1.29 is 9.53 Å². The molecule has 0 aromatic carbocycles. The average molecular weight is 269 g/mol. The van der Waals surface area contributed by atoms with Crippen molar-refractivity contribution in [3.63, 3.8) is 0 Å². The highest BCUT2D eigenvalue weighted by Crippen LogP contribution is 2.17. The van der Waals surface area contributed by atoms with Gasteiger partial charge >= 0.3 is 5.97 Å². The molecule has 0 aliphatic heterocycles. The van der Waals surface area contributed by atoms with Gasteiger partial charge in [-0.05, 0) is 31.9 Å². The molecule has 1 N–H and O–H groups in total. The molecule has 0 radical (unpaired) electrons. The molecule has 3 nitrogen and oxygen atoms in total. The predicted octanol–water partition coefficient (Wildman–Crippen LogP) is 3.13. The number of hydrogen-bond acceptors (Lipinski definition) is 4. The zero-order valence-corrected chi connectivity index (χ0v) is 12.3. The first-order valence-electron chi connectivity index (χ1n) is 6.68. The Hall–Kier alpha value is -0.870. The molecule has 0 amide bonds. The number of ether oxygens (including phenoxy) is 1. The van der Waals surface area contributed by atoms with Crippen LogP contribution in [0, 0.1) is 0 Å². The van der Waals surface area contributed by atoms with E-state index in [1.165, 1.54) is 9.75 Å². The molecule has 102 valence electrons. The molecule has 0 spiro atoms. The van der Waals surface area contributed by atoms with E-state index in [1.54, 1.807) is 11.3 Å². The van der Waals surface area contributed by atoms with Crippen molar-refractivity contribution in [1.82, 2.24) is 5.32 Å². The van der Waals surface area contributed by atoms with Gasteiger partial charge in [0.2, 0.25) is 0 Å². The van der Waals surface area contributed by atoms with Gasteiger partial charge in [0, 0.05) is 16.3 Å². The lowest BCUT2D eigenvalue weighted by Crippen LogP contribution is -2.37. The lowest BCUT2D eigenvalue weighted by molar-refractivity contribution is -0.145. The van der Waals surface area contributed by atoms with Gasteiger partial charge < -0.3 is 4.74 Å². The number of rotatable bonds is 8. The first-order valence-corrected chi connectivity index (χ1v) is 7.50. The van der Waals surface area contributed by atoms with Crippen LogP contribution in [0.3, 0.4) is 0 Å². The standard InChI is InChI=1S/C14H23NO2S/c1-4-7-13(14(16)17-6-3)15-10-12-9-8-11(5-2)18-12/h8-9,13,15H,4-7,10H2,1-3H3. The van der Waals surface area contributed by atoms with Gasteiger partial charge in [0.25, 0.3) is 0 Å². The molecule has 18 heavy (non-hydrogen) atoms. The maximum Gasteiger partial charge on any atom is 0.323 e. The van der Waals surface area contributed by atoms with Crippen molar-refractivity contribution in [3.8, 4) is 0 Å². The molecule has 0 saturated carbocycles. The number of aryl methyl sites for hydroxylation is 1. The Kier molecular flexibility index (Phi) is 6.98. The van der Waals surface area contributed by atoms with Crippen molar-refractivity contribution in [3.05, 3.63) is 21.9 Å². The van der Waals surface area contributed by atoms with Crippen molar-refractivity contribution >= 4 is 17.3 Å². The van der Waals surface area contributed by atoms with Gasteiger partial charge in [-0.3, -0.25) is 10.1 Å². The molecule has 1 heterocycles. The second-order valence-corrected chi connectivity index (χ2v) is 5.45. The molecule has 1 aromatic heterocycles. The summed E-state index contributed by atoms with van der Waals surface area (Å²) < 4.78 is 5.07. The lowest BCUT2D eigenvalue weighted by Gasteiger charge is -2.15. The number of hydrogen-bond donors (Lipinski definition) is 1. The molecule has 0 bridgehead atoms. The monoisotopic (exact) mass is 269 g/mol. The smallest absolute Gasteiger partial charge is 0.323 e. The second kappa shape index (κ2) is 8.27. The first-order chi connectivity index (χ1) is 8.71. The molecule has 1 unspecified atom stereocenters. The van der Waals surface area contributed by atoms with Crippen LogP contribution in [0.1, 0.15) is 43.4 Å². The van der Waals surface area contributed by atoms with E-state index in [1.807, 2.05) is 6.92 Å². The molecule has 0 fully saturated rings. The maximum atomic E-state index is 11.7. The Labute approximate surface area is 114 Å². The molecule has 1 aromatic rings. The summed E-state index contributed by atoms with van der Waals surface area (Å²) in [5.41, 5.74) is 0. The highest BCUT2D eigenvalue weighted by Gasteiger charge is 2.18. The van der Waals surface area contributed by atoms with E-state index in [4.69, 9.17) is 4.74 Å². The SMILES string of the molecule is CCCC(NCc1ccc(CC)s1)C(=O)OCC. The van der Waals surface area contributed by atoms with Gasteiger partial charge in [0.05, 0.1) is 6.61 Å². The third-order valence-electron chi connectivity index (χ3n) is 2.74. The minimum atomic E-state index is -0.179. The molecular formula is C14H23NO2S. The van der Waals surface area contributed by atoms with E-state index in [2.05, 4.69) is 31.3 Å². The largest absolute Gasteiger partial charge is 0.465 e. The lowest BCUT2D eigenvalue weighted by atomic mass is 10.1. The van der Waals surface area contributed by atoms with Gasteiger partial charge in [-0.1, -0.05) is 20.3 Å². The molecule has 1 rings (SSSR count). The van der Waals surface area contributed by atoms with Gasteiger partial charge in [0.1, 0.15) is 6.04 Å². The fraction of sp³-hybridized carbons (Fsp3) is 0.643. The minimum absolute atomic E-state index is 0.133. The molecular weight excluding hydrogens is 246 g/mol. The van der Waals surface area contributed by atoms with Crippen LogP contribution in [0.15, 0.2) is 12.1 Å². The van der Waals surface area contributed by atoms with Gasteiger partial charge in [0.15, 0.2) is 0 Å². The van der Waals surface area contributed by atoms with Crippen molar-refractivity contribution in [2.75, 3.05) is 6.61 Å². The highest BCUT2D eigenvalue weighted by atomic mass is 32.1. The summed E-state index contributed by atoms with van der Waals surface area (Å²) >= 11 is 1.80. The van der Waals surface area contributed by atoms with Crippen LogP contribution in [0.5, 0.6) is 0 Å². The van der Waals surface area contributed by atoms with Crippen LogP contribution in [0.25, 0.3) is 0 Å². The Morgan fingerprint density at radius 3 is 2.61 bits per heavy atom. The number of carbonyl (C=O) groups excluding carboxylic acids is 1. The summed E-state index contributed by atoms with van der Waals surface area (Å²) in [6.45, 7) is 7.26. The van der Waals surface area contributed by atoms with Crippen LogP contribution in [0.4, 0.5) is 0 Å². The summed E-state index contributed by atoms with van der Waals surface area (Å²) in [4.78, 5) is 14.4.